The van der Waals surface area contributed by atoms with E-state index in [0.717, 1.165) is 11.4 Å². The maximum absolute atomic E-state index is 4.17. The van der Waals surface area contributed by atoms with Crippen LogP contribution in [0.25, 0.3) is 0 Å². The fourth-order valence-electron chi connectivity index (χ4n) is 1.57. The summed E-state index contributed by atoms with van der Waals surface area (Å²) in [5.41, 5.74) is 1.65. The number of pyridine rings is 2. The molecule has 0 saturated carbocycles. The maximum Gasteiger partial charge on any atom is 0.100 e. The Morgan fingerprint density at radius 1 is 0.750 bits per heavy atom. The highest BCUT2D eigenvalue weighted by Gasteiger charge is 1.83. The zero-order chi connectivity index (χ0) is 16.7. The zero-order valence-electron chi connectivity index (χ0n) is 13.1. The van der Waals surface area contributed by atoms with Gasteiger partial charge in [0.1, 0.15) is 13.1 Å². The van der Waals surface area contributed by atoms with E-state index < -0.39 is 0 Å². The molecule has 0 aliphatic carbocycles. The fourth-order valence-corrected chi connectivity index (χ4v) is 1.57. The lowest BCUT2D eigenvalue weighted by atomic mass is 10.4. The molecule has 0 amide bonds. The lowest BCUT2D eigenvalue weighted by molar-refractivity contribution is 1.26. The summed E-state index contributed by atoms with van der Waals surface area (Å²) in [6.07, 6.45) is 10.3. The van der Waals surface area contributed by atoms with Crippen molar-refractivity contribution < 1.29 is 0 Å². The molecule has 0 spiro atoms. The molecule has 0 aliphatic rings. The molecule has 2 rings (SSSR count). The van der Waals surface area contributed by atoms with Crippen LogP contribution in [-0.2, 0) is 0 Å². The second-order valence-electron chi connectivity index (χ2n) is 4.42. The van der Waals surface area contributed by atoms with Gasteiger partial charge in [0.15, 0.2) is 0 Å². The van der Waals surface area contributed by atoms with Crippen molar-refractivity contribution >= 4 is 12.4 Å². The third-order valence-corrected chi connectivity index (χ3v) is 2.62. The normalized spacial score (nSPS) is 10.5. The number of rotatable bonds is 4. The van der Waals surface area contributed by atoms with E-state index >= 15 is 0 Å². The molecule has 0 unspecified atom stereocenters. The molecule has 2 aromatic rings. The van der Waals surface area contributed by atoms with Crippen molar-refractivity contribution in [2.75, 3.05) is 13.1 Å². The van der Waals surface area contributed by atoms with Crippen LogP contribution in [0.4, 0.5) is 0 Å². The molecule has 4 nitrogen and oxygen atoms in total. The van der Waals surface area contributed by atoms with Gasteiger partial charge in [0.2, 0.25) is 0 Å². The van der Waals surface area contributed by atoms with Crippen LogP contribution in [0, 0.1) is 23.7 Å². The van der Waals surface area contributed by atoms with Gasteiger partial charge in [-0.3, -0.25) is 20.0 Å². The van der Waals surface area contributed by atoms with Crippen LogP contribution in [-0.4, -0.2) is 35.5 Å². The molecule has 0 aliphatic heterocycles. The Labute approximate surface area is 142 Å². The molecule has 0 aromatic carbocycles. The van der Waals surface area contributed by atoms with Gasteiger partial charge in [0, 0.05) is 24.8 Å². The summed E-state index contributed by atoms with van der Waals surface area (Å²) in [5.74, 6) is 11.6. The topological polar surface area (TPSA) is 50.5 Å². The van der Waals surface area contributed by atoms with Crippen LogP contribution in [0.5, 0.6) is 0 Å². The Kier molecular flexibility index (Phi) is 7.81. The summed E-state index contributed by atoms with van der Waals surface area (Å²) in [4.78, 5) is 16.6. The van der Waals surface area contributed by atoms with Crippen molar-refractivity contribution in [1.29, 1.82) is 0 Å². The predicted octanol–water partition coefficient (Wildman–Crippen LogP) is 2.58. The number of hydrogen-bond donors (Lipinski definition) is 0. The van der Waals surface area contributed by atoms with Crippen molar-refractivity contribution in [1.82, 2.24) is 9.97 Å². The molecule has 2 heterocycles. The molecular formula is C20H16N4. The summed E-state index contributed by atoms with van der Waals surface area (Å²) < 4.78 is 0. The van der Waals surface area contributed by atoms with Crippen LogP contribution in [0.15, 0.2) is 70.9 Å². The Hall–Kier alpha value is -3.50. The van der Waals surface area contributed by atoms with E-state index in [4.69, 9.17) is 0 Å². The van der Waals surface area contributed by atoms with Crippen molar-refractivity contribution in [2.24, 2.45) is 9.98 Å². The number of aliphatic imine (C=N–C) groups is 2. The molecule has 0 radical (unpaired) electrons. The highest BCUT2D eigenvalue weighted by Crippen LogP contribution is 1.88. The van der Waals surface area contributed by atoms with Gasteiger partial charge in [-0.15, -0.1) is 0 Å². The van der Waals surface area contributed by atoms with Crippen molar-refractivity contribution in [3.63, 3.8) is 0 Å². The minimum absolute atomic E-state index is 0.433. The van der Waals surface area contributed by atoms with Crippen LogP contribution < -0.4 is 0 Å². The standard InChI is InChI=1S/C20H16N4/c1(3-7-13-21-17-19-11-5-9-15-23-19)2-4-8-14-22-18-20-12-6-10-16-24-20/h1-2,5-6,9-12,15-18H,13-14H2/b2-1-,21-17+,22-18+. The average Bonchev–Trinajstić information content (AvgIpc) is 2.64. The molecule has 0 N–H and O–H groups in total. The monoisotopic (exact) mass is 312 g/mol. The van der Waals surface area contributed by atoms with Gasteiger partial charge in [0.25, 0.3) is 0 Å². The second-order valence-corrected chi connectivity index (χ2v) is 4.42. The van der Waals surface area contributed by atoms with Crippen LogP contribution >= 0.6 is 0 Å². The van der Waals surface area contributed by atoms with Crippen molar-refractivity contribution in [3.05, 3.63) is 72.3 Å². The lowest BCUT2D eigenvalue weighted by Gasteiger charge is -1.87. The Morgan fingerprint density at radius 2 is 1.25 bits per heavy atom. The van der Waals surface area contributed by atoms with Gasteiger partial charge in [0.05, 0.1) is 11.4 Å². The maximum atomic E-state index is 4.17. The van der Waals surface area contributed by atoms with Crippen LogP contribution in [0.1, 0.15) is 11.4 Å². The van der Waals surface area contributed by atoms with E-state index in [0.29, 0.717) is 13.1 Å². The molecule has 0 bridgehead atoms. The smallest absolute Gasteiger partial charge is 0.100 e. The van der Waals surface area contributed by atoms with Gasteiger partial charge in [-0.2, -0.15) is 0 Å². The molecule has 0 saturated heterocycles. The minimum atomic E-state index is 0.433. The first kappa shape index (κ1) is 16.9. The first-order chi connectivity index (χ1) is 11.9. The molecule has 0 atom stereocenters. The summed E-state index contributed by atoms with van der Waals surface area (Å²) in [5, 5.41) is 0. The summed E-state index contributed by atoms with van der Waals surface area (Å²) in [7, 11) is 0. The Bertz CT molecular complexity index is 742. The lowest BCUT2D eigenvalue weighted by Crippen LogP contribution is -1.85. The highest BCUT2D eigenvalue weighted by atomic mass is 14.7. The predicted molar refractivity (Wildman–Crippen MR) is 98.1 cm³/mol. The SMILES string of the molecule is C(#CC/N=C/c1ccccn1)/C=C\C#CC/N=C/c1ccccn1. The first-order valence-electron chi connectivity index (χ1n) is 7.38. The number of allylic oxidation sites excluding steroid dienone is 2. The highest BCUT2D eigenvalue weighted by molar-refractivity contribution is 5.77. The van der Waals surface area contributed by atoms with Gasteiger partial charge >= 0.3 is 0 Å². The zero-order valence-corrected chi connectivity index (χ0v) is 13.1. The molecular weight excluding hydrogens is 296 g/mol. The third kappa shape index (κ3) is 7.49. The largest absolute Gasteiger partial charge is 0.278 e. The van der Waals surface area contributed by atoms with Gasteiger partial charge in [-0.05, 0) is 36.4 Å². The van der Waals surface area contributed by atoms with E-state index in [2.05, 4.69) is 43.6 Å². The van der Waals surface area contributed by atoms with Crippen LogP contribution in [0.2, 0.25) is 0 Å². The molecule has 2 aromatic heterocycles. The summed E-state index contributed by atoms with van der Waals surface area (Å²) >= 11 is 0. The van der Waals surface area contributed by atoms with Gasteiger partial charge < -0.3 is 0 Å². The quantitative estimate of drug-likeness (QED) is 0.643. The van der Waals surface area contributed by atoms with Gasteiger partial charge in [-0.1, -0.05) is 35.8 Å². The Morgan fingerprint density at radius 3 is 1.67 bits per heavy atom. The second kappa shape index (κ2) is 11.1. The Balaban J connectivity index is 1.65. The average molecular weight is 312 g/mol. The summed E-state index contributed by atoms with van der Waals surface area (Å²) in [6.45, 7) is 0.866. The molecule has 0 fully saturated rings. The number of hydrogen-bond acceptors (Lipinski definition) is 4. The third-order valence-electron chi connectivity index (χ3n) is 2.62. The van der Waals surface area contributed by atoms with Gasteiger partial charge in [-0.25, -0.2) is 0 Å². The van der Waals surface area contributed by atoms with E-state index in [-0.39, 0.29) is 0 Å². The molecule has 24 heavy (non-hydrogen) atoms. The molecule has 116 valence electrons. The minimum Gasteiger partial charge on any atom is -0.278 e. The van der Waals surface area contributed by atoms with E-state index in [1.165, 1.54) is 0 Å². The number of nitrogens with zero attached hydrogens (tertiary/aromatic N) is 4. The van der Waals surface area contributed by atoms with Crippen LogP contribution in [0.3, 0.4) is 0 Å². The molecule has 4 heteroatoms. The summed E-state index contributed by atoms with van der Waals surface area (Å²) in [6, 6.07) is 11.4. The van der Waals surface area contributed by atoms with E-state index in [9.17, 15) is 0 Å². The number of aromatic nitrogens is 2. The van der Waals surface area contributed by atoms with E-state index in [1.54, 1.807) is 37.0 Å². The fraction of sp³-hybridized carbons (Fsp3) is 0.100. The first-order valence-corrected chi connectivity index (χ1v) is 7.38. The van der Waals surface area contributed by atoms with E-state index in [1.807, 2.05) is 36.4 Å². The van der Waals surface area contributed by atoms with Crippen molar-refractivity contribution in [3.8, 4) is 23.7 Å². The van der Waals surface area contributed by atoms with Crippen molar-refractivity contribution in [2.45, 2.75) is 0 Å².